The first-order valence-electron chi connectivity index (χ1n) is 33.8. The lowest BCUT2D eigenvalue weighted by Crippen LogP contribution is -2.31. The molecule has 0 spiro atoms. The van der Waals surface area contributed by atoms with Gasteiger partial charge in [0.2, 0.25) is 0 Å². The number of benzene rings is 8. The van der Waals surface area contributed by atoms with Crippen molar-refractivity contribution in [2.24, 2.45) is 0 Å². The smallest absolute Gasteiger partial charge is 0.119 e. The summed E-state index contributed by atoms with van der Waals surface area (Å²) >= 11 is 0. The molecule has 0 heterocycles. The summed E-state index contributed by atoms with van der Waals surface area (Å²) in [6, 6.07) is 71.5. The number of rotatable bonds is 33. The average molecular weight is 1240 g/mol. The maximum Gasteiger partial charge on any atom is 0.119 e. The summed E-state index contributed by atoms with van der Waals surface area (Å²) in [6.45, 7) is 30.7. The van der Waals surface area contributed by atoms with Crippen LogP contribution in [0.2, 0.25) is 0 Å². The maximum atomic E-state index is 9.15. The molecule has 0 amide bonds. The molecule has 0 aliphatic carbocycles. The van der Waals surface area contributed by atoms with Crippen LogP contribution in [0, 0.1) is 0 Å². The number of aliphatic hydroxyl groups excluding tert-OH is 2. The molecule has 8 aromatic rings. The van der Waals surface area contributed by atoms with Gasteiger partial charge in [-0.15, -0.1) is 0 Å². The van der Waals surface area contributed by atoms with E-state index in [9.17, 15) is 0 Å². The summed E-state index contributed by atoms with van der Waals surface area (Å²) in [5, 5.41) is 18.3. The third kappa shape index (κ3) is 18.3. The number of ether oxygens (including phenoxy) is 6. The third-order valence-corrected chi connectivity index (χ3v) is 17.9. The molecule has 8 aromatic carbocycles. The van der Waals surface area contributed by atoms with Gasteiger partial charge < -0.3 is 38.6 Å². The van der Waals surface area contributed by atoms with Crippen molar-refractivity contribution in [2.75, 3.05) is 66.1 Å². The van der Waals surface area contributed by atoms with Gasteiger partial charge in [0, 0.05) is 0 Å². The van der Waals surface area contributed by atoms with E-state index in [1.165, 1.54) is 70.2 Å². The highest BCUT2D eigenvalue weighted by Crippen LogP contribution is 2.49. The SMILES string of the molecule is CC(C)(C)c1ccc(C(c2ccc(OCCCCCCCCCCOc3ccc(C(c4ccc(OCCOCCO)cc4)(c4ccc(C(C)(C)C)cc4)c4ccc(C(C)(C)C)cc4)cc3)cc2)(c2ccc(OCCOCCO)cc2)c2ccc(C(C)(C)C)cc2)cc1. The van der Waals surface area contributed by atoms with Crippen LogP contribution < -0.4 is 18.9 Å². The lowest BCUT2D eigenvalue weighted by molar-refractivity contribution is 0.0705. The Hall–Kier alpha value is -7.20. The zero-order valence-electron chi connectivity index (χ0n) is 57.5. The van der Waals surface area contributed by atoms with E-state index in [1.54, 1.807) is 0 Å². The van der Waals surface area contributed by atoms with Crippen LogP contribution in [0.15, 0.2) is 194 Å². The first-order valence-corrected chi connectivity index (χ1v) is 33.8. The van der Waals surface area contributed by atoms with Crippen molar-refractivity contribution in [3.63, 3.8) is 0 Å². The Morgan fingerprint density at radius 1 is 0.207 bits per heavy atom. The third-order valence-electron chi connectivity index (χ3n) is 17.9. The number of hydrogen-bond donors (Lipinski definition) is 2. The summed E-state index contributed by atoms with van der Waals surface area (Å²) in [7, 11) is 0. The second kappa shape index (κ2) is 32.6. The monoisotopic (exact) mass is 1240 g/mol. The van der Waals surface area contributed by atoms with Crippen LogP contribution in [0.25, 0.3) is 0 Å². The number of unbranched alkanes of at least 4 members (excludes halogenated alkanes) is 7. The molecule has 0 bridgehead atoms. The van der Waals surface area contributed by atoms with Crippen molar-refractivity contribution < 1.29 is 38.6 Å². The fraction of sp³-hybridized carbons (Fsp3) is 0.429. The Morgan fingerprint density at radius 3 is 0.576 bits per heavy atom. The Kier molecular flexibility index (Phi) is 25.0. The Bertz CT molecular complexity index is 3060. The van der Waals surface area contributed by atoms with Crippen molar-refractivity contribution in [3.05, 3.63) is 261 Å². The summed E-state index contributed by atoms with van der Waals surface area (Å²) < 4.78 is 36.0. The van der Waals surface area contributed by atoms with E-state index < -0.39 is 10.8 Å². The molecule has 0 saturated heterocycles. The predicted octanol–water partition coefficient (Wildman–Crippen LogP) is 19.0. The van der Waals surface area contributed by atoms with Gasteiger partial charge in [0.05, 0.1) is 63.7 Å². The molecule has 0 radical (unpaired) electrons. The Labute approximate surface area is 552 Å². The van der Waals surface area contributed by atoms with Gasteiger partial charge in [-0.3, -0.25) is 0 Å². The highest BCUT2D eigenvalue weighted by molar-refractivity contribution is 5.63. The molecule has 0 aliphatic heterocycles. The molecule has 0 fully saturated rings. The van der Waals surface area contributed by atoms with Crippen LogP contribution in [-0.2, 0) is 42.0 Å². The molecule has 0 unspecified atom stereocenters. The fourth-order valence-electron chi connectivity index (χ4n) is 12.5. The second-order valence-corrected chi connectivity index (χ2v) is 28.8. The van der Waals surface area contributed by atoms with Crippen LogP contribution in [0.5, 0.6) is 23.0 Å². The maximum absolute atomic E-state index is 9.15. The first kappa shape index (κ1) is 70.7. The van der Waals surface area contributed by atoms with Crippen LogP contribution in [0.1, 0.15) is 201 Å². The minimum Gasteiger partial charge on any atom is -0.494 e. The summed E-state index contributed by atoms with van der Waals surface area (Å²) in [5.41, 5.74) is 13.2. The predicted molar refractivity (Wildman–Crippen MR) is 379 cm³/mol. The standard InChI is InChI=1S/C84H106O8/c1-79(2,3)63-21-29-67(30-22-63)83(68-31-23-64(24-32-68)80(4,5)6,73-41-49-77(50-42-73)91-61-59-87-57-53-85)71-37-45-75(46-38-71)89-55-19-17-15-13-14-16-18-20-56-90-76-47-39-72(40-48-76)84(69-33-25-65(26-34-69)81(7,8)9,70-35-27-66(28-36-70)82(10,11)12)74-43-51-78(52-44-74)92-62-60-88-58-54-86/h21-52,85-86H,13-20,53-62H2,1-12H3. The topological polar surface area (TPSA) is 95.8 Å². The normalized spacial score (nSPS) is 12.5. The minimum atomic E-state index is -0.643. The highest BCUT2D eigenvalue weighted by Gasteiger charge is 2.41. The Morgan fingerprint density at radius 2 is 0.380 bits per heavy atom. The molecule has 0 aliphatic rings. The summed E-state index contributed by atoms with van der Waals surface area (Å²) in [6.07, 6.45) is 9.12. The van der Waals surface area contributed by atoms with Gasteiger partial charge in [-0.25, -0.2) is 0 Å². The highest BCUT2D eigenvalue weighted by atomic mass is 16.5. The van der Waals surface area contributed by atoms with Crippen molar-refractivity contribution in [2.45, 2.75) is 167 Å². The van der Waals surface area contributed by atoms with Crippen molar-refractivity contribution >= 4 is 0 Å². The zero-order chi connectivity index (χ0) is 65.8. The van der Waals surface area contributed by atoms with Gasteiger partial charge >= 0.3 is 0 Å². The molecule has 0 aromatic heterocycles. The fourth-order valence-corrected chi connectivity index (χ4v) is 12.5. The van der Waals surface area contributed by atoms with Crippen LogP contribution in [0.3, 0.4) is 0 Å². The Balaban J connectivity index is 0.869. The second-order valence-electron chi connectivity index (χ2n) is 28.8. The van der Waals surface area contributed by atoms with E-state index in [1.807, 2.05) is 0 Å². The van der Waals surface area contributed by atoms with E-state index in [-0.39, 0.29) is 34.9 Å². The zero-order valence-corrected chi connectivity index (χ0v) is 57.5. The molecular weight excluding hydrogens is 1140 g/mol. The van der Waals surface area contributed by atoms with Gasteiger partial charge in [0.25, 0.3) is 0 Å². The average Bonchev–Trinajstić information content (AvgIpc) is 0.742. The molecule has 490 valence electrons. The van der Waals surface area contributed by atoms with E-state index >= 15 is 0 Å². The quantitative estimate of drug-likeness (QED) is 0.0310. The van der Waals surface area contributed by atoms with Crippen molar-refractivity contribution in [3.8, 4) is 23.0 Å². The molecular formula is C84H106O8. The van der Waals surface area contributed by atoms with Crippen LogP contribution >= 0.6 is 0 Å². The first-order chi connectivity index (χ1) is 44.1. The van der Waals surface area contributed by atoms with Crippen molar-refractivity contribution in [1.29, 1.82) is 0 Å². The molecule has 8 nitrogen and oxygen atoms in total. The van der Waals surface area contributed by atoms with E-state index in [4.69, 9.17) is 38.6 Å². The van der Waals surface area contributed by atoms with Crippen LogP contribution in [0.4, 0.5) is 0 Å². The van der Waals surface area contributed by atoms with Gasteiger partial charge in [0.15, 0.2) is 0 Å². The van der Waals surface area contributed by atoms with Crippen molar-refractivity contribution in [1.82, 2.24) is 0 Å². The lowest BCUT2D eigenvalue weighted by atomic mass is 9.64. The minimum absolute atomic E-state index is 0.00667. The molecule has 2 N–H and O–H groups in total. The van der Waals surface area contributed by atoms with Gasteiger partial charge in [0.1, 0.15) is 36.2 Å². The largest absolute Gasteiger partial charge is 0.494 e. The molecule has 0 saturated carbocycles. The van der Waals surface area contributed by atoms with E-state index in [2.05, 4.69) is 277 Å². The molecule has 0 atom stereocenters. The van der Waals surface area contributed by atoms with Gasteiger partial charge in [-0.05, 0) is 150 Å². The molecule has 92 heavy (non-hydrogen) atoms. The molecule has 8 rings (SSSR count). The van der Waals surface area contributed by atoms with Gasteiger partial charge in [-0.1, -0.05) is 267 Å². The lowest BCUT2D eigenvalue weighted by Gasteiger charge is -2.38. The van der Waals surface area contributed by atoms with Gasteiger partial charge in [-0.2, -0.15) is 0 Å². The van der Waals surface area contributed by atoms with E-state index in [0.717, 1.165) is 70.9 Å². The summed E-state index contributed by atoms with van der Waals surface area (Å²) in [5.74, 6) is 3.30. The number of aliphatic hydroxyl groups is 2. The summed E-state index contributed by atoms with van der Waals surface area (Å²) in [4.78, 5) is 0. The number of hydrogen-bond acceptors (Lipinski definition) is 8. The van der Waals surface area contributed by atoms with Crippen LogP contribution in [-0.4, -0.2) is 76.3 Å². The van der Waals surface area contributed by atoms with E-state index in [0.29, 0.717) is 52.9 Å². The molecule has 8 heteroatoms.